The van der Waals surface area contributed by atoms with Gasteiger partial charge in [-0.1, -0.05) is 0 Å². The molecule has 0 saturated heterocycles. The highest BCUT2D eigenvalue weighted by Gasteiger charge is 2.12. The number of anilines is 1. The minimum absolute atomic E-state index is 0.517. The first-order valence-electron chi connectivity index (χ1n) is 4.99. The van der Waals surface area contributed by atoms with E-state index in [4.69, 9.17) is 0 Å². The second kappa shape index (κ2) is 6.38. The topological polar surface area (TPSA) is 16.1 Å². The van der Waals surface area contributed by atoms with Crippen LogP contribution in [-0.4, -0.2) is 30.1 Å². The van der Waals surface area contributed by atoms with Crippen LogP contribution in [0.25, 0.3) is 0 Å². The summed E-state index contributed by atoms with van der Waals surface area (Å²) in [5.74, 6) is 2.21. The molecule has 0 fully saturated rings. The van der Waals surface area contributed by atoms with Crippen molar-refractivity contribution in [1.82, 2.24) is 4.98 Å². The molecule has 4 heteroatoms. The third-order valence-electron chi connectivity index (χ3n) is 2.47. The van der Waals surface area contributed by atoms with Gasteiger partial charge in [-0.25, -0.2) is 4.98 Å². The fourth-order valence-electron chi connectivity index (χ4n) is 1.33. The zero-order valence-corrected chi connectivity index (χ0v) is 11.8. The van der Waals surface area contributed by atoms with Crippen LogP contribution in [0.1, 0.15) is 13.3 Å². The first-order chi connectivity index (χ1) is 7.16. The normalized spacial score (nSPS) is 12.5. The Labute approximate surface area is 105 Å². The Kier molecular flexibility index (Phi) is 5.47. The zero-order valence-electron chi connectivity index (χ0n) is 9.40. The van der Waals surface area contributed by atoms with E-state index in [0.717, 1.165) is 10.3 Å². The Morgan fingerprint density at radius 3 is 2.93 bits per heavy atom. The third kappa shape index (κ3) is 3.68. The summed E-state index contributed by atoms with van der Waals surface area (Å²) in [6, 6.07) is 4.48. The van der Waals surface area contributed by atoms with E-state index >= 15 is 0 Å². The molecule has 0 aliphatic rings. The van der Waals surface area contributed by atoms with Gasteiger partial charge in [0.2, 0.25) is 0 Å². The standard InChI is InChI=1S/C11H17BrN2S/c1-9(6-8-15-3)14(2)11-10(12)5-4-7-13-11/h4-5,7,9H,6,8H2,1-3H3. The van der Waals surface area contributed by atoms with Crippen LogP contribution in [0.2, 0.25) is 0 Å². The molecule has 0 N–H and O–H groups in total. The second-order valence-corrected chi connectivity index (χ2v) is 5.39. The Morgan fingerprint density at radius 1 is 1.60 bits per heavy atom. The molecule has 0 aromatic carbocycles. The summed E-state index contributed by atoms with van der Waals surface area (Å²) in [6.07, 6.45) is 5.15. The van der Waals surface area contributed by atoms with Crippen molar-refractivity contribution in [2.75, 3.05) is 24.0 Å². The molecule has 0 amide bonds. The second-order valence-electron chi connectivity index (χ2n) is 3.55. The summed E-state index contributed by atoms with van der Waals surface area (Å²) in [5, 5.41) is 0. The summed E-state index contributed by atoms with van der Waals surface area (Å²) in [5.41, 5.74) is 0. The Hall–Kier alpha value is -0.220. The van der Waals surface area contributed by atoms with E-state index in [-0.39, 0.29) is 0 Å². The first kappa shape index (κ1) is 12.8. The maximum atomic E-state index is 4.38. The highest BCUT2D eigenvalue weighted by Crippen LogP contribution is 2.24. The van der Waals surface area contributed by atoms with Gasteiger partial charge in [-0.15, -0.1) is 0 Å². The number of thioether (sulfide) groups is 1. The molecule has 0 aliphatic carbocycles. The lowest BCUT2D eigenvalue weighted by Crippen LogP contribution is -2.30. The largest absolute Gasteiger partial charge is 0.356 e. The molecule has 1 unspecified atom stereocenters. The van der Waals surface area contributed by atoms with Crippen LogP contribution in [-0.2, 0) is 0 Å². The molecule has 0 aliphatic heterocycles. The van der Waals surface area contributed by atoms with Crippen LogP contribution >= 0.6 is 27.7 Å². The van der Waals surface area contributed by atoms with Crippen molar-refractivity contribution < 1.29 is 0 Å². The number of halogens is 1. The van der Waals surface area contributed by atoms with Gasteiger partial charge < -0.3 is 4.90 Å². The maximum Gasteiger partial charge on any atom is 0.142 e. The molecule has 15 heavy (non-hydrogen) atoms. The smallest absolute Gasteiger partial charge is 0.142 e. The van der Waals surface area contributed by atoms with Crippen molar-refractivity contribution >= 4 is 33.5 Å². The zero-order chi connectivity index (χ0) is 11.3. The first-order valence-corrected chi connectivity index (χ1v) is 7.17. The molecule has 0 bridgehead atoms. The van der Waals surface area contributed by atoms with Crippen LogP contribution in [0.4, 0.5) is 5.82 Å². The van der Waals surface area contributed by atoms with Crippen molar-refractivity contribution in [3.63, 3.8) is 0 Å². The summed E-state index contributed by atoms with van der Waals surface area (Å²) >= 11 is 5.41. The highest BCUT2D eigenvalue weighted by atomic mass is 79.9. The number of nitrogens with zero attached hydrogens (tertiary/aromatic N) is 2. The van der Waals surface area contributed by atoms with Crippen LogP contribution < -0.4 is 4.90 Å². The summed E-state index contributed by atoms with van der Waals surface area (Å²) in [7, 11) is 2.10. The maximum absolute atomic E-state index is 4.38. The van der Waals surface area contributed by atoms with Crippen LogP contribution in [0.5, 0.6) is 0 Å². The quantitative estimate of drug-likeness (QED) is 0.826. The molecular weight excluding hydrogens is 272 g/mol. The number of aromatic nitrogens is 1. The van der Waals surface area contributed by atoms with Crippen molar-refractivity contribution in [2.24, 2.45) is 0 Å². The van der Waals surface area contributed by atoms with E-state index in [9.17, 15) is 0 Å². The molecule has 1 atom stereocenters. The Bertz CT molecular complexity index is 306. The number of hydrogen-bond donors (Lipinski definition) is 0. The molecule has 1 rings (SSSR count). The van der Waals surface area contributed by atoms with E-state index in [2.05, 4.69) is 46.0 Å². The molecule has 2 nitrogen and oxygen atoms in total. The molecular formula is C11H17BrN2S. The third-order valence-corrected chi connectivity index (χ3v) is 3.74. The predicted octanol–water partition coefficient (Wildman–Crippen LogP) is 3.42. The van der Waals surface area contributed by atoms with Crippen molar-refractivity contribution in [2.45, 2.75) is 19.4 Å². The minimum Gasteiger partial charge on any atom is -0.356 e. The Morgan fingerprint density at radius 2 is 2.33 bits per heavy atom. The fraction of sp³-hybridized carbons (Fsp3) is 0.545. The van der Waals surface area contributed by atoms with Gasteiger partial charge >= 0.3 is 0 Å². The number of pyridine rings is 1. The van der Waals surface area contributed by atoms with Crippen LogP contribution in [0.3, 0.4) is 0 Å². The van der Waals surface area contributed by atoms with E-state index in [0.29, 0.717) is 6.04 Å². The molecule has 0 saturated carbocycles. The van der Waals surface area contributed by atoms with Crippen LogP contribution in [0, 0.1) is 0 Å². The monoisotopic (exact) mass is 288 g/mol. The van der Waals surface area contributed by atoms with Gasteiger partial charge in [0.1, 0.15) is 5.82 Å². The number of hydrogen-bond acceptors (Lipinski definition) is 3. The summed E-state index contributed by atoms with van der Waals surface area (Å²) < 4.78 is 1.06. The van der Waals surface area contributed by atoms with Gasteiger partial charge in [0, 0.05) is 19.3 Å². The molecule has 1 aromatic heterocycles. The van der Waals surface area contributed by atoms with Gasteiger partial charge in [0.05, 0.1) is 4.47 Å². The minimum atomic E-state index is 0.517. The molecule has 84 valence electrons. The van der Waals surface area contributed by atoms with Crippen LogP contribution in [0.15, 0.2) is 22.8 Å². The highest BCUT2D eigenvalue weighted by molar-refractivity contribution is 9.10. The Balaban J connectivity index is 2.67. The lowest BCUT2D eigenvalue weighted by atomic mass is 10.2. The van der Waals surface area contributed by atoms with E-state index in [1.165, 1.54) is 12.2 Å². The van der Waals surface area contributed by atoms with E-state index < -0.39 is 0 Å². The average molecular weight is 289 g/mol. The van der Waals surface area contributed by atoms with Crippen molar-refractivity contribution in [3.05, 3.63) is 22.8 Å². The van der Waals surface area contributed by atoms with Crippen molar-refractivity contribution in [3.8, 4) is 0 Å². The predicted molar refractivity (Wildman–Crippen MR) is 72.8 cm³/mol. The SMILES string of the molecule is CSCCC(C)N(C)c1ncccc1Br. The molecule has 0 radical (unpaired) electrons. The van der Waals surface area contributed by atoms with E-state index in [1.54, 1.807) is 0 Å². The van der Waals surface area contributed by atoms with Gasteiger partial charge in [-0.2, -0.15) is 11.8 Å². The van der Waals surface area contributed by atoms with E-state index in [1.807, 2.05) is 30.1 Å². The van der Waals surface area contributed by atoms with Gasteiger partial charge in [-0.3, -0.25) is 0 Å². The fourth-order valence-corrected chi connectivity index (χ4v) is 2.44. The van der Waals surface area contributed by atoms with Gasteiger partial charge in [-0.05, 0) is 53.4 Å². The lowest BCUT2D eigenvalue weighted by molar-refractivity contribution is 0.661. The number of rotatable bonds is 5. The molecule has 1 aromatic rings. The average Bonchev–Trinajstić information content (AvgIpc) is 2.25. The molecule has 1 heterocycles. The summed E-state index contributed by atoms with van der Waals surface area (Å²) in [4.78, 5) is 6.60. The van der Waals surface area contributed by atoms with Gasteiger partial charge in [0.25, 0.3) is 0 Å². The van der Waals surface area contributed by atoms with Gasteiger partial charge in [0.15, 0.2) is 0 Å². The molecule has 0 spiro atoms. The summed E-state index contributed by atoms with van der Waals surface area (Å²) in [6.45, 7) is 2.23. The lowest BCUT2D eigenvalue weighted by Gasteiger charge is -2.26. The van der Waals surface area contributed by atoms with Crippen molar-refractivity contribution in [1.29, 1.82) is 0 Å².